The van der Waals surface area contributed by atoms with Crippen LogP contribution in [0.4, 0.5) is 5.69 Å². The molecule has 0 aromatic heterocycles. The summed E-state index contributed by atoms with van der Waals surface area (Å²) in [5.74, 6) is 0.846. The maximum Gasteiger partial charge on any atom is 0.265 e. The summed E-state index contributed by atoms with van der Waals surface area (Å²) in [5.41, 5.74) is 0.882. The van der Waals surface area contributed by atoms with E-state index in [-0.39, 0.29) is 12.5 Å². The average molecular weight is 339 g/mol. The summed E-state index contributed by atoms with van der Waals surface area (Å²) < 4.78 is 6.46. The summed E-state index contributed by atoms with van der Waals surface area (Å²) in [5, 5.41) is 0. The van der Waals surface area contributed by atoms with E-state index in [1.165, 1.54) is 19.3 Å². The van der Waals surface area contributed by atoms with Crippen molar-refractivity contribution >= 4 is 27.5 Å². The van der Waals surface area contributed by atoms with Gasteiger partial charge in [-0.15, -0.1) is 0 Å². The van der Waals surface area contributed by atoms with Crippen molar-refractivity contribution in [1.82, 2.24) is 4.90 Å². The molecule has 0 atom stereocenters. The largest absolute Gasteiger partial charge is 0.482 e. The van der Waals surface area contributed by atoms with Gasteiger partial charge in [-0.25, -0.2) is 0 Å². The first kappa shape index (κ1) is 13.9. The van der Waals surface area contributed by atoms with Crippen molar-refractivity contribution in [2.24, 2.45) is 0 Å². The van der Waals surface area contributed by atoms with E-state index in [9.17, 15) is 4.79 Å². The number of anilines is 1. The van der Waals surface area contributed by atoms with Crippen LogP contribution in [0.3, 0.4) is 0 Å². The number of fused-ring (bicyclic) bond motifs is 1. The molecule has 2 aliphatic heterocycles. The molecule has 1 aromatic rings. The lowest BCUT2D eigenvalue weighted by Crippen LogP contribution is -2.44. The van der Waals surface area contributed by atoms with E-state index in [1.54, 1.807) is 0 Å². The highest BCUT2D eigenvalue weighted by Crippen LogP contribution is 2.34. The SMILES string of the molecule is O=C1COc2ccc(Br)cc2N1CCN1CCCCC1. The number of benzene rings is 1. The molecule has 0 N–H and O–H groups in total. The van der Waals surface area contributed by atoms with E-state index in [4.69, 9.17) is 4.74 Å². The third-order valence-corrected chi connectivity index (χ3v) is 4.45. The minimum atomic E-state index is 0.0487. The number of carbonyl (C=O) groups is 1. The van der Waals surface area contributed by atoms with Crippen molar-refractivity contribution in [1.29, 1.82) is 0 Å². The molecular formula is C15H19BrN2O2. The standard InChI is InChI=1S/C15H19BrN2O2/c16-12-4-5-14-13(10-12)18(15(19)11-20-14)9-8-17-6-2-1-3-7-17/h4-5,10H,1-3,6-9,11H2. The number of ether oxygens (including phenoxy) is 1. The second-order valence-corrected chi connectivity index (χ2v) is 6.26. The van der Waals surface area contributed by atoms with Gasteiger partial charge < -0.3 is 14.5 Å². The molecule has 1 amide bonds. The molecule has 0 unspecified atom stereocenters. The Hall–Kier alpha value is -1.07. The van der Waals surface area contributed by atoms with Gasteiger partial charge in [0, 0.05) is 17.6 Å². The Balaban J connectivity index is 1.71. The van der Waals surface area contributed by atoms with Crippen molar-refractivity contribution in [2.75, 3.05) is 37.7 Å². The first-order chi connectivity index (χ1) is 9.74. The van der Waals surface area contributed by atoms with Gasteiger partial charge in [0.15, 0.2) is 6.61 Å². The van der Waals surface area contributed by atoms with Gasteiger partial charge in [0.05, 0.1) is 5.69 Å². The molecular weight excluding hydrogens is 320 g/mol. The smallest absolute Gasteiger partial charge is 0.265 e. The van der Waals surface area contributed by atoms with Gasteiger partial charge in [0.25, 0.3) is 5.91 Å². The van der Waals surface area contributed by atoms with Crippen LogP contribution in [0.2, 0.25) is 0 Å². The predicted octanol–water partition coefficient (Wildman–Crippen LogP) is 2.66. The van der Waals surface area contributed by atoms with Crippen LogP contribution < -0.4 is 9.64 Å². The quantitative estimate of drug-likeness (QED) is 0.849. The maximum atomic E-state index is 12.1. The number of likely N-dealkylation sites (tertiary alicyclic amines) is 1. The lowest BCUT2D eigenvalue weighted by atomic mass is 10.1. The first-order valence-corrected chi connectivity index (χ1v) is 7.98. The minimum Gasteiger partial charge on any atom is -0.482 e. The highest BCUT2D eigenvalue weighted by atomic mass is 79.9. The molecule has 108 valence electrons. The van der Waals surface area contributed by atoms with Gasteiger partial charge in [0.1, 0.15) is 5.75 Å². The summed E-state index contributed by atoms with van der Waals surface area (Å²) in [4.78, 5) is 16.4. The van der Waals surface area contributed by atoms with Crippen molar-refractivity contribution in [3.8, 4) is 5.75 Å². The van der Waals surface area contributed by atoms with Crippen LogP contribution in [0.25, 0.3) is 0 Å². The maximum absolute atomic E-state index is 12.1. The molecule has 0 radical (unpaired) electrons. The van der Waals surface area contributed by atoms with Crippen LogP contribution in [0.15, 0.2) is 22.7 Å². The molecule has 4 nitrogen and oxygen atoms in total. The Labute approximate surface area is 127 Å². The molecule has 1 aromatic carbocycles. The van der Waals surface area contributed by atoms with E-state index in [1.807, 2.05) is 23.1 Å². The van der Waals surface area contributed by atoms with Crippen LogP contribution in [0.5, 0.6) is 5.75 Å². The highest BCUT2D eigenvalue weighted by Gasteiger charge is 2.26. The topological polar surface area (TPSA) is 32.8 Å². The second kappa shape index (κ2) is 6.14. The number of carbonyl (C=O) groups excluding carboxylic acids is 1. The predicted molar refractivity (Wildman–Crippen MR) is 82.3 cm³/mol. The third-order valence-electron chi connectivity index (χ3n) is 3.95. The normalized spacial score (nSPS) is 19.6. The zero-order valence-corrected chi connectivity index (χ0v) is 13.1. The van der Waals surface area contributed by atoms with E-state index in [0.29, 0.717) is 0 Å². The number of hydrogen-bond acceptors (Lipinski definition) is 3. The fourth-order valence-corrected chi connectivity index (χ4v) is 3.19. The van der Waals surface area contributed by atoms with Gasteiger partial charge in [-0.3, -0.25) is 4.79 Å². The van der Waals surface area contributed by atoms with Crippen LogP contribution in [-0.4, -0.2) is 43.6 Å². The van der Waals surface area contributed by atoms with Gasteiger partial charge in [0.2, 0.25) is 0 Å². The van der Waals surface area contributed by atoms with Crippen LogP contribution in [-0.2, 0) is 4.79 Å². The van der Waals surface area contributed by atoms with Gasteiger partial charge >= 0.3 is 0 Å². The van der Waals surface area contributed by atoms with Gasteiger partial charge in [-0.05, 0) is 44.1 Å². The molecule has 1 saturated heterocycles. The van der Waals surface area contributed by atoms with Gasteiger partial charge in [-0.2, -0.15) is 0 Å². The number of amides is 1. The Bertz CT molecular complexity index is 501. The van der Waals surface area contributed by atoms with Crippen molar-refractivity contribution < 1.29 is 9.53 Å². The zero-order chi connectivity index (χ0) is 13.9. The molecule has 2 aliphatic rings. The van der Waals surface area contributed by atoms with Crippen molar-refractivity contribution in [3.63, 3.8) is 0 Å². The Kier molecular flexibility index (Phi) is 4.27. The fourth-order valence-electron chi connectivity index (χ4n) is 2.84. The fraction of sp³-hybridized carbons (Fsp3) is 0.533. The van der Waals surface area contributed by atoms with Crippen molar-refractivity contribution in [2.45, 2.75) is 19.3 Å². The molecule has 5 heteroatoms. The lowest BCUT2D eigenvalue weighted by Gasteiger charge is -2.33. The number of rotatable bonds is 3. The summed E-state index contributed by atoms with van der Waals surface area (Å²) in [6.45, 7) is 4.14. The molecule has 1 fully saturated rings. The zero-order valence-electron chi connectivity index (χ0n) is 11.5. The molecule has 0 saturated carbocycles. The average Bonchev–Trinajstić information content (AvgIpc) is 2.47. The molecule has 0 spiro atoms. The molecule has 20 heavy (non-hydrogen) atoms. The van der Waals surface area contributed by atoms with Crippen molar-refractivity contribution in [3.05, 3.63) is 22.7 Å². The Morgan fingerprint density at radius 3 is 2.75 bits per heavy atom. The second-order valence-electron chi connectivity index (χ2n) is 5.35. The Morgan fingerprint density at radius 1 is 1.15 bits per heavy atom. The highest BCUT2D eigenvalue weighted by molar-refractivity contribution is 9.10. The third kappa shape index (κ3) is 2.99. The number of nitrogens with zero attached hydrogens (tertiary/aromatic N) is 2. The van der Waals surface area contributed by atoms with Crippen LogP contribution in [0.1, 0.15) is 19.3 Å². The van der Waals surface area contributed by atoms with E-state index in [2.05, 4.69) is 20.8 Å². The molecule has 0 bridgehead atoms. The summed E-state index contributed by atoms with van der Waals surface area (Å²) in [6.07, 6.45) is 3.89. The lowest BCUT2D eigenvalue weighted by molar-refractivity contribution is -0.121. The number of hydrogen-bond donors (Lipinski definition) is 0. The molecule has 2 heterocycles. The number of piperidine rings is 1. The molecule has 0 aliphatic carbocycles. The first-order valence-electron chi connectivity index (χ1n) is 7.19. The summed E-state index contributed by atoms with van der Waals surface area (Å²) in [7, 11) is 0. The van der Waals surface area contributed by atoms with E-state index >= 15 is 0 Å². The monoisotopic (exact) mass is 338 g/mol. The van der Waals surface area contributed by atoms with Crippen LogP contribution >= 0.6 is 15.9 Å². The van der Waals surface area contributed by atoms with E-state index in [0.717, 1.165) is 42.1 Å². The number of halogens is 1. The van der Waals surface area contributed by atoms with E-state index < -0.39 is 0 Å². The minimum absolute atomic E-state index is 0.0487. The summed E-state index contributed by atoms with van der Waals surface area (Å²) in [6, 6.07) is 5.82. The molecule has 3 rings (SSSR count). The van der Waals surface area contributed by atoms with Crippen LogP contribution in [0, 0.1) is 0 Å². The van der Waals surface area contributed by atoms with Gasteiger partial charge in [-0.1, -0.05) is 22.4 Å². The summed E-state index contributed by atoms with van der Waals surface area (Å²) >= 11 is 3.46. The Morgan fingerprint density at radius 2 is 1.95 bits per heavy atom.